The number of benzene rings is 1. The molecule has 0 bridgehead atoms. The van der Waals surface area contributed by atoms with E-state index in [0.717, 1.165) is 23.3 Å². The molecular formula is C22H26N2O4. The Morgan fingerprint density at radius 2 is 1.54 bits per heavy atom. The van der Waals surface area contributed by atoms with E-state index in [4.69, 9.17) is 9.47 Å². The summed E-state index contributed by atoms with van der Waals surface area (Å²) in [5, 5.41) is 1.18. The van der Waals surface area contributed by atoms with Crippen LogP contribution in [0, 0.1) is 13.8 Å². The lowest BCUT2D eigenvalue weighted by Crippen LogP contribution is -2.13. The highest BCUT2D eigenvalue weighted by atomic mass is 16.5. The van der Waals surface area contributed by atoms with Gasteiger partial charge in [-0.3, -0.25) is 0 Å². The molecule has 0 radical (unpaired) electrons. The molecule has 0 unspecified atom stereocenters. The summed E-state index contributed by atoms with van der Waals surface area (Å²) < 4.78 is 12.4. The second-order valence-corrected chi connectivity index (χ2v) is 6.62. The quantitative estimate of drug-likeness (QED) is 0.622. The molecule has 3 aromatic rings. The zero-order valence-electron chi connectivity index (χ0n) is 16.8. The fraction of sp³-hybridized carbons (Fsp3) is 0.364. The molecule has 0 aliphatic rings. The number of nitrogens with one attached hydrogen (secondary N) is 1. The zero-order valence-corrected chi connectivity index (χ0v) is 16.8. The van der Waals surface area contributed by atoms with Crippen LogP contribution in [0.1, 0.15) is 51.5 Å². The Hall–Kier alpha value is -3.02. The van der Waals surface area contributed by atoms with Crippen LogP contribution < -0.4 is 0 Å². The average Bonchev–Trinajstić information content (AvgIpc) is 3.19. The van der Waals surface area contributed by atoms with Gasteiger partial charge in [0, 0.05) is 35.0 Å². The van der Waals surface area contributed by atoms with Crippen LogP contribution in [0.4, 0.5) is 0 Å². The van der Waals surface area contributed by atoms with Crippen LogP contribution in [-0.4, -0.2) is 34.7 Å². The van der Waals surface area contributed by atoms with Crippen LogP contribution in [0.5, 0.6) is 0 Å². The van der Waals surface area contributed by atoms with Crippen molar-refractivity contribution >= 4 is 22.8 Å². The number of hydrogen-bond donors (Lipinski definition) is 1. The maximum Gasteiger partial charge on any atom is 0.340 e. The van der Waals surface area contributed by atoms with Gasteiger partial charge < -0.3 is 19.0 Å². The van der Waals surface area contributed by atoms with Crippen molar-refractivity contribution < 1.29 is 19.1 Å². The van der Waals surface area contributed by atoms with Crippen LogP contribution >= 0.6 is 0 Å². The van der Waals surface area contributed by atoms with E-state index in [2.05, 4.69) is 11.1 Å². The number of rotatable bonds is 7. The molecule has 0 amide bonds. The summed E-state index contributed by atoms with van der Waals surface area (Å²) in [7, 11) is 0. The van der Waals surface area contributed by atoms with E-state index in [1.165, 1.54) is 10.9 Å². The van der Waals surface area contributed by atoms with E-state index in [1.807, 2.05) is 42.8 Å². The van der Waals surface area contributed by atoms with Crippen molar-refractivity contribution in [3.8, 4) is 0 Å². The number of aryl methyl sites for hydroxylation is 1. The Labute approximate surface area is 164 Å². The molecule has 1 N–H and O–H groups in total. The van der Waals surface area contributed by atoms with Crippen molar-refractivity contribution in [2.75, 3.05) is 13.2 Å². The smallest absolute Gasteiger partial charge is 0.340 e. The first-order chi connectivity index (χ1) is 13.5. The van der Waals surface area contributed by atoms with Crippen LogP contribution in [0.2, 0.25) is 0 Å². The minimum Gasteiger partial charge on any atom is -0.462 e. The van der Waals surface area contributed by atoms with Gasteiger partial charge in [0.25, 0.3) is 0 Å². The number of carbonyl (C=O) groups excluding carboxylic acids is 2. The van der Waals surface area contributed by atoms with Crippen LogP contribution in [0.3, 0.4) is 0 Å². The molecule has 0 saturated heterocycles. The van der Waals surface area contributed by atoms with Gasteiger partial charge in [0.1, 0.15) is 0 Å². The molecule has 1 aromatic carbocycles. The third-order valence-corrected chi connectivity index (χ3v) is 5.02. The Morgan fingerprint density at radius 1 is 0.964 bits per heavy atom. The molecule has 0 atom stereocenters. The lowest BCUT2D eigenvalue weighted by molar-refractivity contribution is 0.0479. The highest BCUT2D eigenvalue weighted by molar-refractivity contribution is 6.05. The van der Waals surface area contributed by atoms with Crippen molar-refractivity contribution in [3.05, 3.63) is 58.5 Å². The molecular weight excluding hydrogens is 356 g/mol. The van der Waals surface area contributed by atoms with Gasteiger partial charge in [-0.05, 0) is 45.7 Å². The Bertz CT molecular complexity index is 972. The minimum absolute atomic E-state index is 0.250. The molecule has 148 valence electrons. The van der Waals surface area contributed by atoms with E-state index < -0.39 is 11.9 Å². The lowest BCUT2D eigenvalue weighted by Gasteiger charge is -2.09. The highest BCUT2D eigenvalue weighted by Gasteiger charge is 2.29. The second kappa shape index (κ2) is 8.33. The Balaban J connectivity index is 1.97. The highest BCUT2D eigenvalue weighted by Crippen LogP contribution is 2.26. The summed E-state index contributed by atoms with van der Waals surface area (Å²) in [6.45, 7) is 8.33. The van der Waals surface area contributed by atoms with Gasteiger partial charge in [-0.25, -0.2) is 9.59 Å². The van der Waals surface area contributed by atoms with Crippen molar-refractivity contribution in [2.24, 2.45) is 0 Å². The van der Waals surface area contributed by atoms with Crippen LogP contribution in [0.25, 0.3) is 10.9 Å². The van der Waals surface area contributed by atoms with Gasteiger partial charge >= 0.3 is 11.9 Å². The van der Waals surface area contributed by atoms with Crippen molar-refractivity contribution in [1.82, 2.24) is 9.55 Å². The first kappa shape index (κ1) is 19.7. The maximum absolute atomic E-state index is 12.5. The normalized spacial score (nSPS) is 11.0. The third-order valence-electron chi connectivity index (χ3n) is 5.02. The molecule has 0 saturated carbocycles. The summed E-state index contributed by atoms with van der Waals surface area (Å²) in [6, 6.07) is 8.15. The van der Waals surface area contributed by atoms with Crippen LogP contribution in [-0.2, 0) is 22.4 Å². The number of esters is 2. The molecule has 6 nitrogen and oxygen atoms in total. The fourth-order valence-corrected chi connectivity index (χ4v) is 3.70. The lowest BCUT2D eigenvalue weighted by atomic mass is 10.1. The third kappa shape index (κ3) is 3.54. The maximum atomic E-state index is 12.5. The van der Waals surface area contributed by atoms with Gasteiger partial charge in [0.15, 0.2) is 0 Å². The number of hydrogen-bond acceptors (Lipinski definition) is 4. The molecule has 0 aliphatic heterocycles. The number of H-pyrrole nitrogens is 1. The van der Waals surface area contributed by atoms with E-state index in [-0.39, 0.29) is 13.2 Å². The van der Waals surface area contributed by atoms with E-state index in [1.54, 1.807) is 13.8 Å². The topological polar surface area (TPSA) is 73.3 Å². The molecule has 2 aromatic heterocycles. The molecule has 28 heavy (non-hydrogen) atoms. The number of ether oxygens (including phenoxy) is 2. The van der Waals surface area contributed by atoms with Crippen LogP contribution in [0.15, 0.2) is 30.5 Å². The minimum atomic E-state index is -0.489. The number of fused-ring (bicyclic) bond motifs is 1. The predicted molar refractivity (Wildman–Crippen MR) is 108 cm³/mol. The summed E-state index contributed by atoms with van der Waals surface area (Å²) in [6.07, 6.45) is 2.78. The number of aromatic nitrogens is 2. The largest absolute Gasteiger partial charge is 0.462 e. The predicted octanol–water partition coefficient (Wildman–Crippen LogP) is 4.18. The number of carbonyl (C=O) groups is 2. The summed E-state index contributed by atoms with van der Waals surface area (Å²) in [5.74, 6) is -0.978. The summed E-state index contributed by atoms with van der Waals surface area (Å²) in [4.78, 5) is 28.3. The molecule has 3 rings (SSSR count). The van der Waals surface area contributed by atoms with E-state index in [9.17, 15) is 9.59 Å². The molecule has 2 heterocycles. The second-order valence-electron chi connectivity index (χ2n) is 6.62. The van der Waals surface area contributed by atoms with Crippen molar-refractivity contribution in [2.45, 2.75) is 40.7 Å². The first-order valence-corrected chi connectivity index (χ1v) is 9.58. The number of aromatic amines is 1. The first-order valence-electron chi connectivity index (χ1n) is 9.58. The van der Waals surface area contributed by atoms with Gasteiger partial charge in [0.05, 0.1) is 24.3 Å². The molecule has 0 fully saturated rings. The van der Waals surface area contributed by atoms with Gasteiger partial charge in [-0.15, -0.1) is 0 Å². The molecule has 0 aliphatic carbocycles. The Kier molecular flexibility index (Phi) is 5.87. The zero-order chi connectivity index (χ0) is 20.3. The standard InChI is InChI=1S/C22H26N2O4/c1-5-27-21(25)19-14(3)24(15(4)20(19)22(26)28-6-2)12-11-16-13-23-18-10-8-7-9-17(16)18/h7-10,13,23H,5-6,11-12H2,1-4H3. The molecule has 0 spiro atoms. The average molecular weight is 382 g/mol. The van der Waals surface area contributed by atoms with E-state index >= 15 is 0 Å². The van der Waals surface area contributed by atoms with Gasteiger partial charge in [-0.1, -0.05) is 18.2 Å². The molecule has 6 heteroatoms. The van der Waals surface area contributed by atoms with Crippen molar-refractivity contribution in [3.63, 3.8) is 0 Å². The number of nitrogens with zero attached hydrogens (tertiary/aromatic N) is 1. The SMILES string of the molecule is CCOC(=O)c1c(C(=O)OCC)c(C)n(CCc2c[nH]c3ccccc23)c1C. The van der Waals surface area contributed by atoms with Crippen molar-refractivity contribution in [1.29, 1.82) is 0 Å². The summed E-state index contributed by atoms with van der Waals surface area (Å²) >= 11 is 0. The van der Waals surface area contributed by atoms with E-state index in [0.29, 0.717) is 17.7 Å². The fourth-order valence-electron chi connectivity index (χ4n) is 3.70. The van der Waals surface area contributed by atoms with Gasteiger partial charge in [0.2, 0.25) is 0 Å². The monoisotopic (exact) mass is 382 g/mol. The summed E-state index contributed by atoms with van der Waals surface area (Å²) in [5.41, 5.74) is 4.34. The van der Waals surface area contributed by atoms with Gasteiger partial charge in [-0.2, -0.15) is 0 Å². The number of para-hydroxylation sites is 1. The Morgan fingerprint density at radius 3 is 2.11 bits per heavy atom.